The number of benzene rings is 2. The number of anilines is 1. The van der Waals surface area contributed by atoms with Gasteiger partial charge >= 0.3 is 12.0 Å². The number of urea groups is 1. The van der Waals surface area contributed by atoms with Crippen LogP contribution < -0.4 is 10.2 Å². The van der Waals surface area contributed by atoms with Gasteiger partial charge in [0.2, 0.25) is 5.91 Å². The maximum Gasteiger partial charge on any atom is 0.340 e. The number of methoxy groups -OCH3 is 1. The number of aryl methyl sites for hydroxylation is 1. The number of esters is 1. The smallest absolute Gasteiger partial charge is 0.340 e. The van der Waals surface area contributed by atoms with Crippen molar-refractivity contribution in [1.29, 1.82) is 0 Å². The number of ether oxygens (including phenoxy) is 1. The summed E-state index contributed by atoms with van der Waals surface area (Å²) in [6.45, 7) is 1.87. The highest BCUT2D eigenvalue weighted by Gasteiger charge is 2.40. The molecule has 0 radical (unpaired) electrons. The van der Waals surface area contributed by atoms with E-state index in [0.29, 0.717) is 5.69 Å². The first-order chi connectivity index (χ1) is 13.4. The van der Waals surface area contributed by atoms with Crippen LogP contribution in [0, 0.1) is 12.8 Å². The van der Waals surface area contributed by atoms with Crippen molar-refractivity contribution in [2.45, 2.75) is 6.92 Å². The SMILES string of the molecule is COC(=O)c1ccccc1N=C[C@@H]1C(=O)NC(=O)N(c2ccc(C)cc2)C1=O. The number of imide groups is 2. The molecule has 4 amide bonds. The summed E-state index contributed by atoms with van der Waals surface area (Å²) in [7, 11) is 1.24. The van der Waals surface area contributed by atoms with Crippen molar-refractivity contribution in [1.82, 2.24) is 5.32 Å². The fourth-order valence-electron chi connectivity index (χ4n) is 2.68. The lowest BCUT2D eigenvalue weighted by Crippen LogP contribution is -2.58. The molecular weight excluding hydrogens is 362 g/mol. The van der Waals surface area contributed by atoms with Crippen LogP contribution in [0.1, 0.15) is 15.9 Å². The van der Waals surface area contributed by atoms with Gasteiger partial charge in [-0.1, -0.05) is 29.8 Å². The molecule has 0 unspecified atom stereocenters. The van der Waals surface area contributed by atoms with Crippen molar-refractivity contribution in [3.63, 3.8) is 0 Å². The van der Waals surface area contributed by atoms with Gasteiger partial charge in [0.15, 0.2) is 5.92 Å². The Morgan fingerprint density at radius 1 is 1.11 bits per heavy atom. The van der Waals surface area contributed by atoms with E-state index in [1.165, 1.54) is 13.2 Å². The van der Waals surface area contributed by atoms with E-state index in [0.717, 1.165) is 16.7 Å². The fourth-order valence-corrected chi connectivity index (χ4v) is 2.68. The first kappa shape index (κ1) is 19.0. The van der Waals surface area contributed by atoms with Crippen LogP contribution >= 0.6 is 0 Å². The highest BCUT2D eigenvalue weighted by Crippen LogP contribution is 2.23. The zero-order valence-corrected chi connectivity index (χ0v) is 15.2. The Kier molecular flexibility index (Phi) is 5.30. The van der Waals surface area contributed by atoms with E-state index >= 15 is 0 Å². The van der Waals surface area contributed by atoms with Crippen LogP contribution in [-0.4, -0.2) is 37.1 Å². The average Bonchev–Trinajstić information content (AvgIpc) is 2.68. The lowest BCUT2D eigenvalue weighted by atomic mass is 10.1. The highest BCUT2D eigenvalue weighted by molar-refractivity contribution is 6.32. The van der Waals surface area contributed by atoms with Gasteiger partial charge in [-0.15, -0.1) is 0 Å². The Hall–Kier alpha value is -3.81. The van der Waals surface area contributed by atoms with Crippen molar-refractivity contribution < 1.29 is 23.9 Å². The fraction of sp³-hybridized carbons (Fsp3) is 0.150. The standard InChI is InChI=1S/C20H17N3O5/c1-12-7-9-13(10-8-12)23-18(25)15(17(24)22-20(23)27)11-21-16-6-4-3-5-14(16)19(26)28-2/h3-11,15H,1-2H3,(H,22,24,27)/t15-/m1/s1. The van der Waals surface area contributed by atoms with Gasteiger partial charge in [0.1, 0.15) is 0 Å². The van der Waals surface area contributed by atoms with Crippen molar-refractivity contribution in [3.05, 3.63) is 59.7 Å². The number of nitrogens with zero attached hydrogens (tertiary/aromatic N) is 2. The summed E-state index contributed by atoms with van der Waals surface area (Å²) in [6.07, 6.45) is 1.12. The quantitative estimate of drug-likeness (QED) is 0.499. The van der Waals surface area contributed by atoms with Crippen LogP contribution in [0.25, 0.3) is 0 Å². The van der Waals surface area contributed by atoms with E-state index in [2.05, 4.69) is 10.3 Å². The minimum absolute atomic E-state index is 0.191. The molecule has 8 nitrogen and oxygen atoms in total. The normalized spacial score (nSPS) is 17.0. The minimum Gasteiger partial charge on any atom is -0.465 e. The van der Waals surface area contributed by atoms with Crippen molar-refractivity contribution >= 4 is 41.4 Å². The summed E-state index contributed by atoms with van der Waals surface area (Å²) in [5.74, 6) is -3.41. The molecule has 0 saturated carbocycles. The second kappa shape index (κ2) is 7.83. The molecule has 0 spiro atoms. The molecule has 2 aromatic carbocycles. The van der Waals surface area contributed by atoms with Gasteiger partial charge in [-0.05, 0) is 31.2 Å². The summed E-state index contributed by atoms with van der Waals surface area (Å²) in [5, 5.41) is 2.15. The number of aliphatic imine (C=N–C) groups is 1. The predicted octanol–water partition coefficient (Wildman–Crippen LogP) is 2.38. The lowest BCUT2D eigenvalue weighted by Gasteiger charge is -2.28. The average molecular weight is 379 g/mol. The Morgan fingerprint density at radius 2 is 1.79 bits per heavy atom. The summed E-state index contributed by atoms with van der Waals surface area (Å²) >= 11 is 0. The molecular formula is C20H17N3O5. The first-order valence-electron chi connectivity index (χ1n) is 8.39. The van der Waals surface area contributed by atoms with Gasteiger partial charge in [0.25, 0.3) is 5.91 Å². The van der Waals surface area contributed by atoms with Gasteiger partial charge in [-0.25, -0.2) is 14.5 Å². The number of carbonyl (C=O) groups is 4. The summed E-state index contributed by atoms with van der Waals surface area (Å²) in [6, 6.07) is 12.3. The molecule has 142 valence electrons. The summed E-state index contributed by atoms with van der Waals surface area (Å²) < 4.78 is 4.70. The molecule has 0 aliphatic carbocycles. The lowest BCUT2D eigenvalue weighted by molar-refractivity contribution is -0.131. The minimum atomic E-state index is -1.32. The number of para-hydroxylation sites is 1. The number of rotatable bonds is 4. The van der Waals surface area contributed by atoms with Crippen LogP contribution in [0.15, 0.2) is 53.5 Å². The molecule has 1 saturated heterocycles. The maximum atomic E-state index is 12.8. The zero-order valence-electron chi connectivity index (χ0n) is 15.2. The van der Waals surface area contributed by atoms with Gasteiger partial charge in [0.05, 0.1) is 24.0 Å². The molecule has 1 fully saturated rings. The van der Waals surface area contributed by atoms with E-state index in [4.69, 9.17) is 4.74 Å². The second-order valence-corrected chi connectivity index (χ2v) is 6.07. The number of hydrogen-bond donors (Lipinski definition) is 1. The molecule has 28 heavy (non-hydrogen) atoms. The molecule has 3 rings (SSSR count). The van der Waals surface area contributed by atoms with Crippen LogP contribution in [0.4, 0.5) is 16.2 Å². The Balaban J connectivity index is 1.91. The van der Waals surface area contributed by atoms with Crippen LogP contribution in [0.5, 0.6) is 0 Å². The first-order valence-corrected chi connectivity index (χ1v) is 8.39. The van der Waals surface area contributed by atoms with Crippen molar-refractivity contribution in [2.75, 3.05) is 12.0 Å². The van der Waals surface area contributed by atoms with Gasteiger partial charge in [-0.3, -0.25) is 19.9 Å². The topological polar surface area (TPSA) is 105 Å². The largest absolute Gasteiger partial charge is 0.465 e. The van der Waals surface area contributed by atoms with Crippen molar-refractivity contribution in [3.8, 4) is 0 Å². The number of barbiturate groups is 1. The summed E-state index contributed by atoms with van der Waals surface area (Å²) in [4.78, 5) is 54.0. The van der Waals surface area contributed by atoms with Crippen LogP contribution in [0.2, 0.25) is 0 Å². The number of hydrogen-bond acceptors (Lipinski definition) is 6. The molecule has 0 bridgehead atoms. The number of nitrogens with one attached hydrogen (secondary N) is 1. The molecule has 1 aliphatic heterocycles. The third-order valence-corrected chi connectivity index (χ3v) is 4.17. The number of carbonyl (C=O) groups excluding carboxylic acids is 4. The van der Waals surface area contributed by atoms with E-state index in [1.54, 1.807) is 42.5 Å². The Bertz CT molecular complexity index is 982. The molecule has 8 heteroatoms. The predicted molar refractivity (Wildman–Crippen MR) is 102 cm³/mol. The van der Waals surface area contributed by atoms with E-state index in [-0.39, 0.29) is 11.3 Å². The van der Waals surface area contributed by atoms with Crippen LogP contribution in [0.3, 0.4) is 0 Å². The summed E-state index contributed by atoms with van der Waals surface area (Å²) in [5.41, 5.74) is 1.74. The third-order valence-electron chi connectivity index (χ3n) is 4.17. The van der Waals surface area contributed by atoms with Crippen molar-refractivity contribution in [2.24, 2.45) is 10.9 Å². The van der Waals surface area contributed by atoms with Gasteiger partial charge < -0.3 is 4.74 Å². The molecule has 1 atom stereocenters. The highest BCUT2D eigenvalue weighted by atomic mass is 16.5. The molecule has 1 heterocycles. The van der Waals surface area contributed by atoms with E-state index in [1.807, 2.05) is 6.92 Å². The van der Waals surface area contributed by atoms with E-state index < -0.39 is 29.7 Å². The van der Waals surface area contributed by atoms with Gasteiger partial charge in [-0.2, -0.15) is 0 Å². The Labute approximate surface area is 160 Å². The molecule has 1 N–H and O–H groups in total. The molecule has 1 aliphatic rings. The molecule has 2 aromatic rings. The Morgan fingerprint density at radius 3 is 2.46 bits per heavy atom. The van der Waals surface area contributed by atoms with E-state index in [9.17, 15) is 19.2 Å². The second-order valence-electron chi connectivity index (χ2n) is 6.07. The van der Waals surface area contributed by atoms with Gasteiger partial charge in [0, 0.05) is 6.21 Å². The maximum absolute atomic E-state index is 12.8. The zero-order chi connectivity index (χ0) is 20.3. The third kappa shape index (κ3) is 3.66. The monoisotopic (exact) mass is 379 g/mol. The van der Waals surface area contributed by atoms with Crippen LogP contribution in [-0.2, 0) is 14.3 Å². The molecule has 0 aromatic heterocycles. The number of amides is 4.